The number of para-hydroxylation sites is 1. The number of ether oxygens (including phenoxy) is 2. The summed E-state index contributed by atoms with van der Waals surface area (Å²) in [5.41, 5.74) is 4.02. The lowest BCUT2D eigenvalue weighted by atomic mass is 9.85. The van der Waals surface area contributed by atoms with Gasteiger partial charge in [-0.1, -0.05) is 56.4 Å². The van der Waals surface area contributed by atoms with Gasteiger partial charge >= 0.3 is 0 Å². The van der Waals surface area contributed by atoms with E-state index in [2.05, 4.69) is 17.1 Å². The number of nitrogens with one attached hydrogen (secondary N) is 1. The second-order valence-electron chi connectivity index (χ2n) is 10.6. The molecule has 3 aromatic rings. The van der Waals surface area contributed by atoms with E-state index in [1.54, 1.807) is 14.2 Å². The molecule has 1 saturated carbocycles. The van der Waals surface area contributed by atoms with Gasteiger partial charge in [0.1, 0.15) is 12.6 Å². The van der Waals surface area contributed by atoms with Gasteiger partial charge in [-0.05, 0) is 42.2 Å². The van der Waals surface area contributed by atoms with Crippen LogP contribution in [0.1, 0.15) is 67.8 Å². The Hall–Kier alpha value is -3.48. The van der Waals surface area contributed by atoms with Crippen LogP contribution >= 0.6 is 0 Å². The summed E-state index contributed by atoms with van der Waals surface area (Å²) in [5.74, 6) is 1.33. The molecule has 0 spiro atoms. The third-order valence-electron chi connectivity index (χ3n) is 8.53. The van der Waals surface area contributed by atoms with Gasteiger partial charge in [0.05, 0.1) is 20.3 Å². The fourth-order valence-corrected chi connectivity index (χ4v) is 6.71. The molecule has 1 aliphatic carbocycles. The van der Waals surface area contributed by atoms with Crippen LogP contribution in [0.4, 0.5) is 0 Å². The van der Waals surface area contributed by atoms with Crippen molar-refractivity contribution in [2.45, 2.75) is 69.5 Å². The van der Waals surface area contributed by atoms with Gasteiger partial charge in [-0.15, -0.1) is 0 Å². The topological polar surface area (TPSA) is 74.9 Å². The summed E-state index contributed by atoms with van der Waals surface area (Å²) in [5, 5.41) is 1.12. The number of hydrogen-bond donors (Lipinski definition) is 1. The van der Waals surface area contributed by atoms with Gasteiger partial charge in [0.2, 0.25) is 11.8 Å². The van der Waals surface area contributed by atoms with Crippen molar-refractivity contribution in [3.63, 3.8) is 0 Å². The van der Waals surface area contributed by atoms with Crippen LogP contribution in [0.25, 0.3) is 10.9 Å². The number of amides is 2. The first-order valence-electron chi connectivity index (χ1n) is 13.5. The van der Waals surface area contributed by atoms with E-state index in [0.717, 1.165) is 53.4 Å². The smallest absolute Gasteiger partial charge is 0.246 e. The first-order chi connectivity index (χ1) is 18.1. The van der Waals surface area contributed by atoms with Crippen molar-refractivity contribution < 1.29 is 19.1 Å². The molecule has 2 amide bonds. The van der Waals surface area contributed by atoms with Crippen LogP contribution < -0.4 is 9.47 Å². The highest BCUT2D eigenvalue weighted by Gasteiger charge is 2.49. The van der Waals surface area contributed by atoms with E-state index in [9.17, 15) is 9.59 Å². The quantitative estimate of drug-likeness (QED) is 0.547. The third-order valence-corrected chi connectivity index (χ3v) is 8.53. The van der Waals surface area contributed by atoms with Crippen molar-refractivity contribution >= 4 is 22.7 Å². The van der Waals surface area contributed by atoms with Gasteiger partial charge in [-0.3, -0.25) is 9.59 Å². The number of aromatic amines is 1. The number of carbonyl (C=O) groups excluding carboxylic acids is 2. The number of aromatic nitrogens is 1. The molecule has 1 unspecified atom stereocenters. The van der Waals surface area contributed by atoms with E-state index in [1.807, 2.05) is 40.1 Å². The maximum absolute atomic E-state index is 14.1. The molecule has 37 heavy (non-hydrogen) atoms. The monoisotopic (exact) mass is 501 g/mol. The molecule has 3 heterocycles. The molecule has 194 valence electrons. The molecule has 2 aromatic carbocycles. The Morgan fingerprint density at radius 1 is 0.892 bits per heavy atom. The maximum Gasteiger partial charge on any atom is 0.246 e. The molecule has 3 aliphatic rings. The molecule has 0 radical (unpaired) electrons. The summed E-state index contributed by atoms with van der Waals surface area (Å²) in [6.45, 7) is 0.152. The summed E-state index contributed by atoms with van der Waals surface area (Å²) >= 11 is 0. The molecule has 1 N–H and O–H groups in total. The van der Waals surface area contributed by atoms with Crippen molar-refractivity contribution in [3.05, 3.63) is 59.3 Å². The number of rotatable bonds is 4. The minimum Gasteiger partial charge on any atom is -0.493 e. The SMILES string of the molecule is COc1ccc(C2c3[nH]c4ccccc4c3C[C@H]3C(=O)N(C4CCCCCCC4)CC(=O)N23)cc1OC. The molecule has 2 atom stereocenters. The van der Waals surface area contributed by atoms with E-state index < -0.39 is 12.1 Å². The first-order valence-corrected chi connectivity index (χ1v) is 13.5. The van der Waals surface area contributed by atoms with Crippen LogP contribution in [0, 0.1) is 0 Å². The Kier molecular flexibility index (Phi) is 6.31. The van der Waals surface area contributed by atoms with E-state index in [0.29, 0.717) is 17.9 Å². The van der Waals surface area contributed by atoms with E-state index >= 15 is 0 Å². The normalized spacial score (nSPS) is 22.9. The predicted molar refractivity (Wildman–Crippen MR) is 142 cm³/mol. The van der Waals surface area contributed by atoms with Crippen molar-refractivity contribution in [2.75, 3.05) is 20.8 Å². The van der Waals surface area contributed by atoms with Crippen molar-refractivity contribution in [1.29, 1.82) is 0 Å². The standard InChI is InChI=1S/C30H35N3O4/c1-36-25-15-14-19(16-26(25)37-2)29-28-22(21-12-8-9-13-23(21)31-28)17-24-30(35)32(18-27(34)33(24)29)20-10-6-4-3-5-7-11-20/h8-9,12-16,20,24,29,31H,3-7,10-11,17-18H2,1-2H3/t24-,29?/m0/s1. The lowest BCUT2D eigenvalue weighted by molar-refractivity contribution is -0.161. The van der Waals surface area contributed by atoms with Gasteiger partial charge in [0.25, 0.3) is 0 Å². The van der Waals surface area contributed by atoms with E-state index in [1.165, 1.54) is 19.3 Å². The summed E-state index contributed by atoms with van der Waals surface area (Å²) in [4.78, 5) is 35.4. The fourth-order valence-electron chi connectivity index (χ4n) is 6.71. The van der Waals surface area contributed by atoms with Crippen molar-refractivity contribution in [1.82, 2.24) is 14.8 Å². The highest BCUT2D eigenvalue weighted by molar-refractivity contribution is 5.98. The molecule has 1 saturated heterocycles. The van der Waals surface area contributed by atoms with Crippen LogP contribution in [0.5, 0.6) is 11.5 Å². The molecule has 0 bridgehead atoms. The number of carbonyl (C=O) groups is 2. The van der Waals surface area contributed by atoms with Gasteiger partial charge < -0.3 is 24.3 Å². The number of fused-ring (bicyclic) bond motifs is 4. The van der Waals surface area contributed by atoms with Crippen LogP contribution in [0.15, 0.2) is 42.5 Å². The molecule has 2 aliphatic heterocycles. The lowest BCUT2D eigenvalue weighted by Crippen LogP contribution is -2.64. The van der Waals surface area contributed by atoms with Crippen molar-refractivity contribution in [3.8, 4) is 11.5 Å². The molecular formula is C30H35N3O4. The largest absolute Gasteiger partial charge is 0.493 e. The van der Waals surface area contributed by atoms with Gasteiger partial charge in [0.15, 0.2) is 11.5 Å². The van der Waals surface area contributed by atoms with E-state index in [4.69, 9.17) is 9.47 Å². The van der Waals surface area contributed by atoms with Gasteiger partial charge in [-0.2, -0.15) is 0 Å². The first kappa shape index (κ1) is 23.9. The number of piperazine rings is 1. The highest BCUT2D eigenvalue weighted by atomic mass is 16.5. The Balaban J connectivity index is 1.45. The summed E-state index contributed by atoms with van der Waals surface area (Å²) in [7, 11) is 3.23. The summed E-state index contributed by atoms with van der Waals surface area (Å²) < 4.78 is 11.1. The Bertz CT molecular complexity index is 1320. The minimum absolute atomic E-state index is 0.00995. The number of benzene rings is 2. The molecule has 6 rings (SSSR count). The molecular weight excluding hydrogens is 466 g/mol. The number of methoxy groups -OCH3 is 2. The zero-order chi connectivity index (χ0) is 25.5. The average Bonchev–Trinajstić information content (AvgIpc) is 3.27. The average molecular weight is 502 g/mol. The second kappa shape index (κ2) is 9.77. The fraction of sp³-hybridized carbons (Fsp3) is 0.467. The number of hydrogen-bond acceptors (Lipinski definition) is 4. The van der Waals surface area contributed by atoms with Gasteiger partial charge in [0, 0.05) is 29.1 Å². The number of H-pyrrole nitrogens is 1. The van der Waals surface area contributed by atoms with Crippen LogP contribution in [0.2, 0.25) is 0 Å². The zero-order valence-corrected chi connectivity index (χ0v) is 21.7. The molecule has 7 nitrogen and oxygen atoms in total. The summed E-state index contributed by atoms with van der Waals surface area (Å²) in [6, 6.07) is 13.2. The Labute approximate surface area is 217 Å². The Morgan fingerprint density at radius 3 is 2.38 bits per heavy atom. The zero-order valence-electron chi connectivity index (χ0n) is 21.7. The van der Waals surface area contributed by atoms with Gasteiger partial charge in [-0.25, -0.2) is 0 Å². The van der Waals surface area contributed by atoms with Crippen LogP contribution in [-0.2, 0) is 16.0 Å². The Morgan fingerprint density at radius 2 is 1.62 bits per heavy atom. The van der Waals surface area contributed by atoms with E-state index in [-0.39, 0.29) is 24.4 Å². The summed E-state index contributed by atoms with van der Waals surface area (Å²) in [6.07, 6.45) is 8.44. The minimum atomic E-state index is -0.517. The van der Waals surface area contributed by atoms with Crippen LogP contribution in [-0.4, -0.2) is 59.4 Å². The second-order valence-corrected chi connectivity index (χ2v) is 10.6. The number of nitrogens with zero attached hydrogens (tertiary/aromatic N) is 2. The third kappa shape index (κ3) is 4.05. The molecule has 7 heteroatoms. The highest BCUT2D eigenvalue weighted by Crippen LogP contribution is 2.44. The molecule has 2 fully saturated rings. The molecule has 1 aromatic heterocycles. The lowest BCUT2D eigenvalue weighted by Gasteiger charge is -2.49. The van der Waals surface area contributed by atoms with Crippen LogP contribution in [0.3, 0.4) is 0 Å². The van der Waals surface area contributed by atoms with Crippen molar-refractivity contribution in [2.24, 2.45) is 0 Å². The predicted octanol–water partition coefficient (Wildman–Crippen LogP) is 4.98. The maximum atomic E-state index is 14.1.